The van der Waals surface area contributed by atoms with E-state index in [0.29, 0.717) is 41.4 Å². The highest BCUT2D eigenvalue weighted by atomic mass is 32.2. The maximum Gasteiger partial charge on any atom is 0.226 e. The van der Waals surface area contributed by atoms with Gasteiger partial charge in [0, 0.05) is 39.9 Å². The summed E-state index contributed by atoms with van der Waals surface area (Å²) in [5.74, 6) is -4.44. The molecule has 0 radical (unpaired) electrons. The molecule has 0 bridgehead atoms. The van der Waals surface area contributed by atoms with Crippen molar-refractivity contribution in [1.82, 2.24) is 0 Å². The summed E-state index contributed by atoms with van der Waals surface area (Å²) in [6, 6.07) is 3.68. The topological polar surface area (TPSA) is 155 Å². The summed E-state index contributed by atoms with van der Waals surface area (Å²) in [4.78, 5) is 51.2. The molecule has 11 aliphatic rings. The third-order valence-corrected chi connectivity index (χ3v) is 21.3. The molecule has 19 atom stereocenters. The van der Waals surface area contributed by atoms with Crippen molar-refractivity contribution in [2.45, 2.75) is 158 Å². The lowest BCUT2D eigenvalue weighted by Crippen LogP contribution is -2.70. The van der Waals surface area contributed by atoms with Crippen LogP contribution in [0.2, 0.25) is 0 Å². The van der Waals surface area contributed by atoms with Gasteiger partial charge in [-0.2, -0.15) is 0 Å². The summed E-state index contributed by atoms with van der Waals surface area (Å²) in [6.45, 7) is 10.4. The van der Waals surface area contributed by atoms with Crippen LogP contribution in [0.15, 0.2) is 65.8 Å². The van der Waals surface area contributed by atoms with Crippen molar-refractivity contribution < 1.29 is 79.4 Å². The average Bonchev–Trinajstić information content (AvgIpc) is 4.12. The molecule has 1 aromatic rings. The Hall–Kier alpha value is -3.30. The fraction of sp³-hybridized carbons (Fsp3) is 0.667. The van der Waals surface area contributed by atoms with Gasteiger partial charge in [0.25, 0.3) is 0 Å². The normalized spacial score (nSPS) is 49.0. The summed E-state index contributed by atoms with van der Waals surface area (Å²) in [5.41, 5.74) is -11.5. The van der Waals surface area contributed by atoms with E-state index in [4.69, 9.17) is 23.7 Å². The summed E-state index contributed by atoms with van der Waals surface area (Å²) < 4.78 is 124. The van der Waals surface area contributed by atoms with Crippen LogP contribution in [0.25, 0.3) is 0 Å². The van der Waals surface area contributed by atoms with Gasteiger partial charge in [-0.15, -0.1) is 0 Å². The number of ketones is 2. The van der Waals surface area contributed by atoms with Crippen molar-refractivity contribution >= 4 is 45.3 Å². The van der Waals surface area contributed by atoms with Gasteiger partial charge in [0.2, 0.25) is 10.2 Å². The maximum atomic E-state index is 17.5. The van der Waals surface area contributed by atoms with Gasteiger partial charge < -0.3 is 33.9 Å². The second kappa shape index (κ2) is 16.8. The number of benzene rings is 1. The smallest absolute Gasteiger partial charge is 0.226 e. The van der Waals surface area contributed by atoms with Crippen LogP contribution in [0, 0.1) is 45.3 Å². The van der Waals surface area contributed by atoms with Crippen molar-refractivity contribution in [2.75, 3.05) is 18.6 Å². The summed E-state index contributed by atoms with van der Waals surface area (Å²) >= 11 is 0.952. The molecule has 2 N–H and O–H groups in total. The molecular weight excluding hydrogens is 1000 g/mol. The number of hydrogen-bond donors (Lipinski definition) is 2. The van der Waals surface area contributed by atoms with Crippen LogP contribution in [0.3, 0.4) is 0 Å². The van der Waals surface area contributed by atoms with Gasteiger partial charge in [-0.1, -0.05) is 67.7 Å². The fourth-order valence-electron chi connectivity index (χ4n) is 16.8. The van der Waals surface area contributed by atoms with E-state index in [9.17, 15) is 38.2 Å². The van der Waals surface area contributed by atoms with Crippen molar-refractivity contribution in [3.63, 3.8) is 0 Å². The maximum absolute atomic E-state index is 17.5. The Morgan fingerprint density at radius 2 is 1.21 bits per heavy atom. The van der Waals surface area contributed by atoms with Crippen molar-refractivity contribution in [2.24, 2.45) is 45.3 Å². The third kappa shape index (κ3) is 6.51. The third-order valence-electron chi connectivity index (χ3n) is 20.0. The van der Waals surface area contributed by atoms with E-state index in [-0.39, 0.29) is 49.7 Å². The van der Waals surface area contributed by atoms with Crippen LogP contribution in [0.4, 0.5) is 26.3 Å². The van der Waals surface area contributed by atoms with Gasteiger partial charge in [0.05, 0.1) is 36.6 Å². The van der Waals surface area contributed by atoms with Gasteiger partial charge in [-0.3, -0.25) is 19.2 Å². The Bertz CT molecular complexity index is 2700. The van der Waals surface area contributed by atoms with Gasteiger partial charge in [-0.05, 0) is 119 Å². The Morgan fingerprint density at radius 1 is 0.699 bits per heavy atom. The number of halogens is 6. The molecule has 2 saturated heterocycles. The van der Waals surface area contributed by atoms with Crippen LogP contribution in [-0.2, 0) is 44.5 Å². The second-order valence-corrected chi connectivity index (χ2v) is 25.1. The highest BCUT2D eigenvalue weighted by molar-refractivity contribution is 8.14. The fourth-order valence-corrected chi connectivity index (χ4v) is 18.3. The van der Waals surface area contributed by atoms with Gasteiger partial charge in [-0.25, -0.2) is 26.3 Å². The zero-order valence-corrected chi connectivity index (χ0v) is 42.9. The van der Waals surface area contributed by atoms with E-state index in [1.165, 1.54) is 38.2 Å². The molecule has 1 unspecified atom stereocenters. The van der Waals surface area contributed by atoms with E-state index in [1.807, 2.05) is 12.1 Å². The molecule has 3 heterocycles. The average molecular weight is 1060 g/mol. The van der Waals surface area contributed by atoms with E-state index in [2.05, 4.69) is 0 Å². The predicted octanol–water partition coefficient (Wildman–Crippen LogP) is 8.88. The lowest BCUT2D eigenvalue weighted by atomic mass is 9.44. The number of ether oxygens (including phenoxy) is 5. The van der Waals surface area contributed by atoms with Crippen molar-refractivity contribution in [3.8, 4) is 5.75 Å². The largest absolute Gasteiger partial charge is 0.492 e. The van der Waals surface area contributed by atoms with Crippen molar-refractivity contribution in [3.05, 3.63) is 76.9 Å². The lowest BCUT2D eigenvalue weighted by Gasteiger charge is -2.63. The number of thioether (sulfide) groups is 2. The molecule has 1 aromatic carbocycles. The number of carbonyl (C=O) groups excluding carboxylic acids is 4. The molecule has 0 aromatic heterocycles. The Labute approximate surface area is 427 Å². The number of aliphatic hydroxyl groups excluding tert-OH is 2. The first-order valence-corrected chi connectivity index (χ1v) is 27.1. The number of allylic oxidation sites excluding steroid dienone is 8. The molecule has 0 amide bonds. The van der Waals surface area contributed by atoms with Crippen LogP contribution in [0.1, 0.15) is 97.5 Å². The standard InChI is InChI=1S/C30H31F3O6S.C24H29F3O5S/c1-27-8-6-16(34)10-20(27)21(32)11-19-18-12-23-30(26(36)40-14-31,28(18,2)13-22(35)29(19,27)33)39-25(38-23)17-5-3-4-15-7-9-37-24(15)17;1-20(2)31-18-9-13-14-8-16(26)15-7-12(28)5-6-21(15,3)23(14,27)17(29)10-22(13,4)24(18,32-20)19(30)33-11-25/h3-6,8,10,18-19,21-23,25,35H,7,9,11-14H2,1-2H3;5-7,13-14,16-18,29H,8-11H2,1-4H3/t18-,19-,21-,22-,23+,25?,27-,28-,29-,30-;13-,14-,16-,17-,18+,21-,22-,23-,24-/m00/s1. The zero-order valence-electron chi connectivity index (χ0n) is 41.3. The minimum Gasteiger partial charge on any atom is -0.492 e. The zero-order chi connectivity index (χ0) is 52.4. The number of hydrogen-bond acceptors (Lipinski definition) is 13. The summed E-state index contributed by atoms with van der Waals surface area (Å²) in [7, 11) is 0. The highest BCUT2D eigenvalue weighted by Crippen LogP contribution is 2.75. The van der Waals surface area contributed by atoms with Gasteiger partial charge >= 0.3 is 0 Å². The van der Waals surface area contributed by atoms with E-state index >= 15 is 17.6 Å². The first kappa shape index (κ1) is 51.8. The molecule has 8 fully saturated rings. The van der Waals surface area contributed by atoms with E-state index in [0.717, 1.165) is 24.1 Å². The minimum absolute atomic E-state index is 0.0314. The predicted molar refractivity (Wildman–Crippen MR) is 255 cm³/mol. The molecule has 19 heteroatoms. The Kier molecular flexibility index (Phi) is 12.0. The Morgan fingerprint density at radius 3 is 1.74 bits per heavy atom. The molecule has 8 aliphatic carbocycles. The number of alkyl halides is 6. The number of fused-ring (bicyclic) bond motifs is 15. The quantitative estimate of drug-likeness (QED) is 0.270. The second-order valence-electron chi connectivity index (χ2n) is 23.4. The van der Waals surface area contributed by atoms with Crippen LogP contribution < -0.4 is 4.74 Å². The molecule has 396 valence electrons. The van der Waals surface area contributed by atoms with Gasteiger partial charge in [0.1, 0.15) is 30.1 Å². The summed E-state index contributed by atoms with van der Waals surface area (Å²) in [5, 5.41) is 21.9. The van der Waals surface area contributed by atoms with Crippen molar-refractivity contribution in [1.29, 1.82) is 0 Å². The SMILES string of the molecule is CC1(C)O[C@@H]2C[C@H]3[C@@H]4C[C@H](F)C5=CC(=O)C=C[C@]5(C)[C@@]4(F)[C@@H](O)C[C@]3(C)[C@]2(C(=O)SCF)O1.C[C@]12C=CC(=O)C=C1[C@@H](F)C[C@H]1[C@@H]3C[C@H]4OC(c5cccc6c5OCC6)O[C@@]4(C(=O)SCF)[C@@]3(C)C[C@H](O)[C@@]12F. The lowest BCUT2D eigenvalue weighted by molar-refractivity contribution is -0.246. The molecule has 12 rings (SSSR count). The number of carbonyl (C=O) groups is 4. The first-order valence-electron chi connectivity index (χ1n) is 25.1. The number of rotatable bonds is 5. The monoisotopic (exact) mass is 1060 g/mol. The Balaban J connectivity index is 0.000000160. The molecule has 73 heavy (non-hydrogen) atoms. The molecule has 3 aliphatic heterocycles. The van der Waals surface area contributed by atoms with Crippen LogP contribution >= 0.6 is 23.5 Å². The molecule has 11 nitrogen and oxygen atoms in total. The molecule has 6 saturated carbocycles. The van der Waals surface area contributed by atoms with Crippen LogP contribution in [0.5, 0.6) is 5.75 Å². The van der Waals surface area contributed by atoms with Crippen LogP contribution in [-0.4, -0.2) is 116 Å². The van der Waals surface area contributed by atoms with E-state index < -0.39 is 151 Å². The molecule has 0 spiro atoms. The highest BCUT2D eigenvalue weighted by Gasteiger charge is 2.82. The summed E-state index contributed by atoms with van der Waals surface area (Å²) in [6.07, 6.45) is -1.13. The molecular formula is C54H60F6O11S2. The first-order chi connectivity index (χ1) is 34.3. The number of aliphatic hydroxyl groups is 2. The minimum atomic E-state index is -2.30. The van der Waals surface area contributed by atoms with Gasteiger partial charge in [0.15, 0.2) is 46.2 Å². The number of para-hydroxylation sites is 1. The van der Waals surface area contributed by atoms with E-state index in [1.54, 1.807) is 33.8 Å².